The average molecular weight is 381 g/mol. The van der Waals surface area contributed by atoms with Crippen molar-refractivity contribution < 1.29 is 18.0 Å². The number of piperidine rings is 1. The highest BCUT2D eigenvalue weighted by Gasteiger charge is 2.35. The lowest BCUT2D eigenvalue weighted by Crippen LogP contribution is -2.45. The highest BCUT2D eigenvalue weighted by molar-refractivity contribution is 5.90. The Hall–Kier alpha value is -2.21. The maximum Gasteiger partial charge on any atom is 0.451 e. The highest BCUT2D eigenvalue weighted by atomic mass is 35.5. The van der Waals surface area contributed by atoms with Gasteiger partial charge in [-0.25, -0.2) is 4.98 Å². The molecule has 1 saturated heterocycles. The number of hydrogen-bond donors (Lipinski definition) is 3. The molecule has 0 aromatic carbocycles. The van der Waals surface area contributed by atoms with Crippen molar-refractivity contribution in [3.05, 3.63) is 17.5 Å². The van der Waals surface area contributed by atoms with Gasteiger partial charge in [-0.2, -0.15) is 22.8 Å². The normalized spacial score (nSPS) is 17.8. The predicted molar refractivity (Wildman–Crippen MR) is 81.6 cm³/mol. The molecule has 25 heavy (non-hydrogen) atoms. The monoisotopic (exact) mass is 380 g/mol. The number of aromatic nitrogens is 6. The first kappa shape index (κ1) is 19.1. The molecule has 0 radical (unpaired) electrons. The summed E-state index contributed by atoms with van der Waals surface area (Å²) in [6.07, 6.45) is -2.86. The van der Waals surface area contributed by atoms with Crippen LogP contribution in [0.2, 0.25) is 0 Å². The molecule has 1 aliphatic rings. The molecule has 0 spiro atoms. The Bertz CT molecular complexity index is 737. The smallest absolute Gasteiger partial charge is 0.345 e. The van der Waals surface area contributed by atoms with Crippen molar-refractivity contribution in [3.63, 3.8) is 0 Å². The van der Waals surface area contributed by atoms with Gasteiger partial charge in [0.2, 0.25) is 11.6 Å². The molecule has 1 fully saturated rings. The molecule has 0 unspecified atom stereocenters. The Morgan fingerprint density at radius 1 is 1.36 bits per heavy atom. The van der Waals surface area contributed by atoms with E-state index in [1.807, 2.05) is 0 Å². The van der Waals surface area contributed by atoms with Crippen LogP contribution in [0.5, 0.6) is 0 Å². The molecular weight excluding hydrogens is 365 g/mol. The molecule has 0 bridgehead atoms. The number of nitrogens with zero attached hydrogens (tertiary/aromatic N) is 5. The minimum absolute atomic E-state index is 0. The number of carbonyl (C=O) groups excluding carboxylic acids is 1. The van der Waals surface area contributed by atoms with Gasteiger partial charge in [0.15, 0.2) is 0 Å². The average Bonchev–Trinajstić information content (AvgIpc) is 3.14. The largest absolute Gasteiger partial charge is 0.451 e. The number of nitrogens with one attached hydrogen (secondary N) is 3. The molecule has 2 aromatic rings. The Morgan fingerprint density at radius 3 is 2.72 bits per heavy atom. The molecule has 138 valence electrons. The van der Waals surface area contributed by atoms with Gasteiger partial charge in [-0.15, -0.1) is 22.6 Å². The van der Waals surface area contributed by atoms with E-state index in [4.69, 9.17) is 0 Å². The highest BCUT2D eigenvalue weighted by Crippen LogP contribution is 2.26. The Labute approximate surface area is 146 Å². The van der Waals surface area contributed by atoms with E-state index in [2.05, 4.69) is 30.8 Å². The van der Waals surface area contributed by atoms with Gasteiger partial charge in [0, 0.05) is 12.6 Å². The van der Waals surface area contributed by atoms with E-state index in [-0.39, 0.29) is 36.0 Å². The minimum atomic E-state index is -4.64. The Balaban J connectivity index is 0.00000225. The molecule has 3 rings (SSSR count). The van der Waals surface area contributed by atoms with Crippen LogP contribution in [0, 0.1) is 6.92 Å². The minimum Gasteiger partial charge on any atom is -0.345 e. The number of carbonyl (C=O) groups is 1. The summed E-state index contributed by atoms with van der Waals surface area (Å²) in [7, 11) is 0. The third-order valence-electron chi connectivity index (χ3n) is 3.54. The summed E-state index contributed by atoms with van der Waals surface area (Å²) >= 11 is 0. The zero-order chi connectivity index (χ0) is 17.3. The lowest BCUT2D eigenvalue weighted by atomic mass is 10.1. The van der Waals surface area contributed by atoms with Crippen molar-refractivity contribution in [1.82, 2.24) is 40.6 Å². The fourth-order valence-corrected chi connectivity index (χ4v) is 2.38. The molecule has 3 N–H and O–H groups in total. The molecule has 2 aromatic heterocycles. The molecule has 3 heterocycles. The lowest BCUT2D eigenvalue weighted by molar-refractivity contribution is -0.144. The van der Waals surface area contributed by atoms with Crippen molar-refractivity contribution >= 4 is 18.3 Å². The van der Waals surface area contributed by atoms with Gasteiger partial charge in [0.05, 0.1) is 0 Å². The maximum atomic E-state index is 12.6. The third kappa shape index (κ3) is 4.25. The summed E-state index contributed by atoms with van der Waals surface area (Å²) in [6.45, 7) is 3.06. The van der Waals surface area contributed by atoms with E-state index >= 15 is 0 Å². The molecule has 0 saturated carbocycles. The number of alkyl halides is 3. The van der Waals surface area contributed by atoms with Crippen molar-refractivity contribution in [2.75, 3.05) is 13.1 Å². The fraction of sp³-hybridized carbons (Fsp3) is 0.583. The second-order valence-electron chi connectivity index (χ2n) is 5.39. The first-order chi connectivity index (χ1) is 11.3. The van der Waals surface area contributed by atoms with Gasteiger partial charge < -0.3 is 10.6 Å². The van der Waals surface area contributed by atoms with Crippen molar-refractivity contribution in [2.24, 2.45) is 0 Å². The van der Waals surface area contributed by atoms with Gasteiger partial charge in [-0.1, -0.05) is 0 Å². The Morgan fingerprint density at radius 2 is 2.12 bits per heavy atom. The van der Waals surface area contributed by atoms with Crippen LogP contribution in [0.1, 0.15) is 35.1 Å². The van der Waals surface area contributed by atoms with Crippen LogP contribution < -0.4 is 10.6 Å². The molecule has 13 heteroatoms. The maximum absolute atomic E-state index is 12.6. The Kier molecular flexibility index (Phi) is 5.62. The number of amides is 1. The van der Waals surface area contributed by atoms with E-state index in [1.54, 1.807) is 5.10 Å². The summed E-state index contributed by atoms with van der Waals surface area (Å²) in [5, 5.41) is 15.1. The van der Waals surface area contributed by atoms with Crippen molar-refractivity contribution in [2.45, 2.75) is 32.0 Å². The second-order valence-corrected chi connectivity index (χ2v) is 5.39. The first-order valence-corrected chi connectivity index (χ1v) is 7.30. The summed E-state index contributed by atoms with van der Waals surface area (Å²) in [5.41, 5.74) is 0. The van der Waals surface area contributed by atoms with Gasteiger partial charge in [0.1, 0.15) is 5.82 Å². The van der Waals surface area contributed by atoms with Gasteiger partial charge in [0.25, 0.3) is 11.9 Å². The molecule has 0 aliphatic carbocycles. The lowest BCUT2D eigenvalue weighted by Gasteiger charge is -2.23. The zero-order valence-corrected chi connectivity index (χ0v) is 13.9. The van der Waals surface area contributed by atoms with Crippen LogP contribution in [-0.2, 0) is 6.18 Å². The molecule has 1 amide bonds. The number of halogens is 4. The van der Waals surface area contributed by atoms with E-state index < -0.39 is 17.9 Å². The fourth-order valence-electron chi connectivity index (χ4n) is 2.38. The van der Waals surface area contributed by atoms with Crippen molar-refractivity contribution in [1.29, 1.82) is 0 Å². The van der Waals surface area contributed by atoms with Crippen molar-refractivity contribution in [3.8, 4) is 5.95 Å². The van der Waals surface area contributed by atoms with Crippen LogP contribution in [0.4, 0.5) is 13.2 Å². The summed E-state index contributed by atoms with van der Waals surface area (Å²) in [4.78, 5) is 19.5. The van der Waals surface area contributed by atoms with Crippen LogP contribution in [0.15, 0.2) is 0 Å². The predicted octanol–water partition coefficient (Wildman–Crippen LogP) is 0.616. The topological polar surface area (TPSA) is 113 Å². The van der Waals surface area contributed by atoms with Gasteiger partial charge in [-0.3, -0.25) is 9.89 Å². The van der Waals surface area contributed by atoms with E-state index in [1.165, 1.54) is 6.92 Å². The van der Waals surface area contributed by atoms with Crippen LogP contribution in [-0.4, -0.2) is 55.0 Å². The van der Waals surface area contributed by atoms with E-state index in [9.17, 15) is 18.0 Å². The van der Waals surface area contributed by atoms with Crippen LogP contribution in [0.3, 0.4) is 0 Å². The molecule has 9 nitrogen and oxygen atoms in total. The van der Waals surface area contributed by atoms with Crippen LogP contribution in [0.25, 0.3) is 5.95 Å². The first-order valence-electron chi connectivity index (χ1n) is 7.30. The quantitative estimate of drug-likeness (QED) is 0.719. The van der Waals surface area contributed by atoms with Gasteiger partial charge >= 0.3 is 6.18 Å². The van der Waals surface area contributed by atoms with E-state index in [0.717, 1.165) is 24.1 Å². The molecule has 1 aliphatic heterocycles. The van der Waals surface area contributed by atoms with Crippen LogP contribution >= 0.6 is 12.4 Å². The SMILES string of the molecule is Cc1nc(C(=O)N[C@H]2CCCNC2)nn1-c1n[nH]c(C(F)(F)F)n1.Cl. The second kappa shape index (κ2) is 7.35. The standard InChI is InChI=1S/C12H15F3N8O.ClH/c1-6-17-8(9(24)18-7-3-2-4-16-5-7)22-23(6)11-19-10(20-21-11)12(13,14)15;/h7,16H,2-5H2,1H3,(H,18,24)(H,19,20,21);1H/t7-;/m0./s1. The number of rotatable bonds is 3. The number of aromatic amines is 1. The summed E-state index contributed by atoms with van der Waals surface area (Å²) < 4.78 is 38.7. The zero-order valence-electron chi connectivity index (χ0n) is 13.1. The third-order valence-corrected chi connectivity index (χ3v) is 3.54. The number of H-pyrrole nitrogens is 1. The summed E-state index contributed by atoms with van der Waals surface area (Å²) in [6, 6.07) is -0.0288. The number of hydrogen-bond acceptors (Lipinski definition) is 6. The summed E-state index contributed by atoms with van der Waals surface area (Å²) in [5.74, 6) is -2.00. The van der Waals surface area contributed by atoms with E-state index in [0.29, 0.717) is 6.54 Å². The van der Waals surface area contributed by atoms with Gasteiger partial charge in [-0.05, 0) is 26.3 Å². The number of aryl methyl sites for hydroxylation is 1. The molecule has 1 atom stereocenters. The molecular formula is C12H16ClF3N8O.